The number of aryl methyl sites for hydroxylation is 1. The molecule has 1 fully saturated rings. The van der Waals surface area contributed by atoms with E-state index in [1.807, 2.05) is 39.9 Å². The van der Waals surface area contributed by atoms with Crippen LogP contribution in [0.25, 0.3) is 21.7 Å². The fourth-order valence-electron chi connectivity index (χ4n) is 3.57. The molecule has 4 heterocycles. The normalized spacial score (nSPS) is 16.9. The second kappa shape index (κ2) is 7.44. The highest BCUT2D eigenvalue weighted by Crippen LogP contribution is 2.36. The molecule has 5 rings (SSSR count). The van der Waals surface area contributed by atoms with Gasteiger partial charge in [-0.05, 0) is 36.4 Å². The smallest absolute Gasteiger partial charge is 0.248 e. The molecule has 0 unspecified atom stereocenters. The van der Waals surface area contributed by atoms with Crippen LogP contribution in [-0.2, 0) is 11.2 Å². The lowest BCUT2D eigenvalue weighted by Crippen LogP contribution is -2.30. The molecule has 0 saturated carbocycles. The predicted molar refractivity (Wildman–Crippen MR) is 109 cm³/mol. The number of nitrogens with zero attached hydrogens (tertiary/aromatic N) is 4. The lowest BCUT2D eigenvalue weighted by molar-refractivity contribution is -0.132. The fraction of sp³-hybridized carbons (Fsp3) is 0.300. The summed E-state index contributed by atoms with van der Waals surface area (Å²) < 4.78 is 6.87. The van der Waals surface area contributed by atoms with Gasteiger partial charge in [0.1, 0.15) is 5.01 Å². The van der Waals surface area contributed by atoms with Crippen molar-refractivity contribution in [1.29, 1.82) is 0 Å². The van der Waals surface area contributed by atoms with Crippen LogP contribution in [0, 0.1) is 0 Å². The summed E-state index contributed by atoms with van der Waals surface area (Å²) in [6, 6.07) is 10.2. The molecule has 8 heteroatoms. The quantitative estimate of drug-likeness (QED) is 0.477. The number of likely N-dealkylation sites (tertiary alicyclic amines) is 1. The minimum Gasteiger partial charge on any atom is -0.421 e. The van der Waals surface area contributed by atoms with Crippen molar-refractivity contribution < 1.29 is 9.21 Å². The van der Waals surface area contributed by atoms with E-state index in [0.29, 0.717) is 24.6 Å². The highest BCUT2D eigenvalue weighted by atomic mass is 32.1. The molecule has 1 amide bonds. The third-order valence-electron chi connectivity index (χ3n) is 4.96. The Morgan fingerprint density at radius 1 is 1.25 bits per heavy atom. The molecule has 28 heavy (non-hydrogen) atoms. The maximum atomic E-state index is 12.9. The number of carbonyl (C=O) groups is 1. The fourth-order valence-corrected chi connectivity index (χ4v) is 5.31. The molecule has 4 aromatic rings. The molecule has 1 aromatic carbocycles. The van der Waals surface area contributed by atoms with Crippen LogP contribution in [0.15, 0.2) is 45.5 Å². The van der Waals surface area contributed by atoms with Crippen LogP contribution in [-0.4, -0.2) is 32.5 Å². The summed E-state index contributed by atoms with van der Waals surface area (Å²) in [4.78, 5) is 19.6. The molecule has 0 radical (unpaired) electrons. The monoisotopic (exact) mass is 410 g/mol. The summed E-state index contributed by atoms with van der Waals surface area (Å²) >= 11 is 3.27. The van der Waals surface area contributed by atoms with Crippen molar-refractivity contribution in [3.63, 3.8) is 0 Å². The first-order valence-corrected chi connectivity index (χ1v) is 11.0. The second-order valence-electron chi connectivity index (χ2n) is 6.78. The van der Waals surface area contributed by atoms with Gasteiger partial charge in [0.15, 0.2) is 0 Å². The van der Waals surface area contributed by atoms with Crippen molar-refractivity contribution in [2.24, 2.45) is 0 Å². The predicted octanol–water partition coefficient (Wildman–Crippen LogP) is 4.70. The number of thiophene rings is 1. The minimum atomic E-state index is 0.0777. The Bertz CT molecular complexity index is 1070. The van der Waals surface area contributed by atoms with Gasteiger partial charge >= 0.3 is 0 Å². The Kier molecular flexibility index (Phi) is 4.66. The topological polar surface area (TPSA) is 72.1 Å². The standard InChI is InChI=1S/C20H18N4O2S2/c25-18(8-7-17-22-23-19(26-17)13-9-11-27-12-13)24-10-3-5-15(24)20-21-14-4-1-2-6-16(14)28-20/h1-2,4,6,9,11-12,15H,3,5,7-8,10H2/t15-/m1/s1. The Balaban J connectivity index is 1.27. The zero-order valence-electron chi connectivity index (χ0n) is 15.1. The van der Waals surface area contributed by atoms with Gasteiger partial charge in [0.05, 0.1) is 16.3 Å². The van der Waals surface area contributed by atoms with Crippen LogP contribution in [0.5, 0.6) is 0 Å². The molecule has 1 saturated heterocycles. The van der Waals surface area contributed by atoms with E-state index in [-0.39, 0.29) is 11.9 Å². The number of hydrogen-bond donors (Lipinski definition) is 0. The molecule has 0 bridgehead atoms. The van der Waals surface area contributed by atoms with Crippen LogP contribution < -0.4 is 0 Å². The van der Waals surface area contributed by atoms with Gasteiger partial charge in [-0.25, -0.2) is 4.98 Å². The first kappa shape index (κ1) is 17.5. The molecule has 3 aromatic heterocycles. The van der Waals surface area contributed by atoms with E-state index in [1.54, 1.807) is 22.7 Å². The molecule has 0 aliphatic carbocycles. The highest BCUT2D eigenvalue weighted by molar-refractivity contribution is 7.18. The van der Waals surface area contributed by atoms with Crippen LogP contribution in [0.1, 0.15) is 36.2 Å². The molecule has 0 N–H and O–H groups in total. The number of para-hydroxylation sites is 1. The van der Waals surface area contributed by atoms with Gasteiger partial charge in [-0.1, -0.05) is 12.1 Å². The van der Waals surface area contributed by atoms with Crippen LogP contribution in [0.2, 0.25) is 0 Å². The Morgan fingerprint density at radius 3 is 3.04 bits per heavy atom. The molecule has 1 aliphatic heterocycles. The van der Waals surface area contributed by atoms with Crippen LogP contribution >= 0.6 is 22.7 Å². The van der Waals surface area contributed by atoms with E-state index in [0.717, 1.165) is 35.5 Å². The Hall–Kier alpha value is -2.58. The molecule has 0 spiro atoms. The van der Waals surface area contributed by atoms with Crippen LogP contribution in [0.4, 0.5) is 0 Å². The van der Waals surface area contributed by atoms with Crippen molar-refractivity contribution in [3.8, 4) is 11.5 Å². The molecular formula is C20H18N4O2S2. The molecular weight excluding hydrogens is 392 g/mol. The maximum Gasteiger partial charge on any atom is 0.248 e. The van der Waals surface area contributed by atoms with E-state index < -0.39 is 0 Å². The number of rotatable bonds is 5. The number of benzene rings is 1. The summed E-state index contributed by atoms with van der Waals surface area (Å²) in [5.41, 5.74) is 1.93. The lowest BCUT2D eigenvalue weighted by atomic mass is 10.2. The number of thiazole rings is 1. The minimum absolute atomic E-state index is 0.0777. The summed E-state index contributed by atoms with van der Waals surface area (Å²) in [5.74, 6) is 1.14. The first-order chi connectivity index (χ1) is 13.8. The third-order valence-corrected chi connectivity index (χ3v) is 6.78. The van der Waals surface area contributed by atoms with Crippen molar-refractivity contribution in [3.05, 3.63) is 52.0 Å². The van der Waals surface area contributed by atoms with E-state index in [4.69, 9.17) is 9.40 Å². The number of hydrogen-bond acceptors (Lipinski definition) is 7. The largest absolute Gasteiger partial charge is 0.421 e. The zero-order valence-corrected chi connectivity index (χ0v) is 16.7. The number of carbonyl (C=O) groups excluding carboxylic acids is 1. The van der Waals surface area contributed by atoms with Crippen LogP contribution in [0.3, 0.4) is 0 Å². The van der Waals surface area contributed by atoms with Crippen molar-refractivity contribution in [2.75, 3.05) is 6.54 Å². The summed E-state index contributed by atoms with van der Waals surface area (Å²) in [6.07, 6.45) is 2.80. The summed E-state index contributed by atoms with van der Waals surface area (Å²) in [5, 5.41) is 13.1. The van der Waals surface area contributed by atoms with Crippen molar-refractivity contribution >= 4 is 38.8 Å². The zero-order chi connectivity index (χ0) is 18.9. The molecule has 142 valence electrons. The average molecular weight is 411 g/mol. The third kappa shape index (κ3) is 3.33. The first-order valence-electron chi connectivity index (χ1n) is 9.28. The lowest BCUT2D eigenvalue weighted by Gasteiger charge is -2.22. The SMILES string of the molecule is O=C(CCc1nnc(-c2ccsc2)o1)N1CCC[C@@H]1c1nc2ccccc2s1. The van der Waals surface area contributed by atoms with Gasteiger partial charge in [-0.2, -0.15) is 11.3 Å². The Morgan fingerprint density at radius 2 is 2.18 bits per heavy atom. The van der Waals surface area contributed by atoms with Gasteiger partial charge in [0.2, 0.25) is 17.7 Å². The average Bonchev–Trinajstić information content (AvgIpc) is 3.50. The van der Waals surface area contributed by atoms with Gasteiger partial charge < -0.3 is 9.32 Å². The summed E-state index contributed by atoms with van der Waals surface area (Å²) in [6.45, 7) is 0.781. The second-order valence-corrected chi connectivity index (χ2v) is 8.62. The van der Waals surface area contributed by atoms with Crippen molar-refractivity contribution in [2.45, 2.75) is 31.7 Å². The van der Waals surface area contributed by atoms with Crippen molar-refractivity contribution in [1.82, 2.24) is 20.1 Å². The van der Waals surface area contributed by atoms with E-state index in [1.165, 1.54) is 4.70 Å². The molecule has 1 atom stereocenters. The number of fused-ring (bicyclic) bond motifs is 1. The van der Waals surface area contributed by atoms with Gasteiger partial charge in [0, 0.05) is 30.3 Å². The van der Waals surface area contributed by atoms with E-state index in [9.17, 15) is 4.79 Å². The highest BCUT2D eigenvalue weighted by Gasteiger charge is 2.32. The summed E-state index contributed by atoms with van der Waals surface area (Å²) in [7, 11) is 0. The van der Waals surface area contributed by atoms with Gasteiger partial charge in [0.25, 0.3) is 0 Å². The number of amides is 1. The maximum absolute atomic E-state index is 12.9. The Labute approximate surface area is 169 Å². The van der Waals surface area contributed by atoms with E-state index in [2.05, 4.69) is 16.3 Å². The number of aromatic nitrogens is 3. The molecule has 6 nitrogen and oxygen atoms in total. The van der Waals surface area contributed by atoms with Gasteiger partial charge in [-0.15, -0.1) is 21.5 Å². The van der Waals surface area contributed by atoms with Gasteiger partial charge in [-0.3, -0.25) is 4.79 Å². The molecule has 1 aliphatic rings. The van der Waals surface area contributed by atoms with E-state index >= 15 is 0 Å².